The molecule has 4 nitrogen and oxygen atoms in total. The predicted molar refractivity (Wildman–Crippen MR) is 112 cm³/mol. The molecule has 0 saturated heterocycles. The molecule has 0 fully saturated rings. The van der Waals surface area contributed by atoms with Crippen LogP contribution >= 0.6 is 0 Å². The van der Waals surface area contributed by atoms with Crippen molar-refractivity contribution in [2.45, 2.75) is 13.8 Å². The molecule has 3 rings (SSSR count). The lowest BCUT2D eigenvalue weighted by Crippen LogP contribution is -2.63. The number of azo groups is 1. The largest absolute Gasteiger partial charge is 0.407 e. The van der Waals surface area contributed by atoms with Crippen LogP contribution in [-0.4, -0.2) is 21.8 Å². The molecule has 0 aliphatic carbocycles. The Balaban J connectivity index is 1.92. The van der Waals surface area contributed by atoms with Crippen LogP contribution in [0.1, 0.15) is 13.8 Å². The lowest BCUT2D eigenvalue weighted by atomic mass is 10.3. The van der Waals surface area contributed by atoms with Gasteiger partial charge >= 0.3 is 8.56 Å². The van der Waals surface area contributed by atoms with Gasteiger partial charge in [-0.3, -0.25) is 0 Å². The average Bonchev–Trinajstić information content (AvgIpc) is 2.74. The van der Waals surface area contributed by atoms with Crippen molar-refractivity contribution in [3.8, 4) is 0 Å². The van der Waals surface area contributed by atoms with Gasteiger partial charge in [0.25, 0.3) is 0 Å². The van der Waals surface area contributed by atoms with Crippen LogP contribution in [0.15, 0.2) is 95.2 Å². The van der Waals surface area contributed by atoms with E-state index in [4.69, 9.17) is 8.85 Å². The van der Waals surface area contributed by atoms with Crippen LogP contribution in [0, 0.1) is 0 Å². The molecular weight excluding hydrogens is 352 g/mol. The molecule has 138 valence electrons. The van der Waals surface area contributed by atoms with Gasteiger partial charge in [-0.2, -0.15) is 10.2 Å². The van der Waals surface area contributed by atoms with E-state index in [1.165, 1.54) is 0 Å². The first-order valence-corrected chi connectivity index (χ1v) is 11.0. The van der Waals surface area contributed by atoms with Crippen LogP contribution in [0.25, 0.3) is 0 Å². The second-order valence-corrected chi connectivity index (χ2v) is 8.90. The Kier molecular flexibility index (Phi) is 6.65. The average molecular weight is 377 g/mol. The Morgan fingerprint density at radius 2 is 1.04 bits per heavy atom. The highest BCUT2D eigenvalue weighted by molar-refractivity contribution is 6.92. The molecule has 0 saturated carbocycles. The summed E-state index contributed by atoms with van der Waals surface area (Å²) in [7, 11) is -2.73. The van der Waals surface area contributed by atoms with E-state index in [-0.39, 0.29) is 0 Å². The SMILES string of the molecule is CCO[Si](OCC)(c1ccccc1)c1ccc(N=Nc2ccccc2)cc1. The Bertz CT molecular complexity index is 847. The van der Waals surface area contributed by atoms with Gasteiger partial charge in [0.2, 0.25) is 0 Å². The summed E-state index contributed by atoms with van der Waals surface area (Å²) in [5.41, 5.74) is 1.63. The van der Waals surface area contributed by atoms with Crippen LogP contribution in [0.5, 0.6) is 0 Å². The van der Waals surface area contributed by atoms with E-state index in [1.54, 1.807) is 0 Å². The topological polar surface area (TPSA) is 43.2 Å². The molecule has 0 radical (unpaired) electrons. The highest BCUT2D eigenvalue weighted by Gasteiger charge is 2.42. The number of rotatable bonds is 8. The number of hydrogen-bond acceptors (Lipinski definition) is 4. The molecule has 0 unspecified atom stereocenters. The van der Waals surface area contributed by atoms with E-state index in [2.05, 4.69) is 22.4 Å². The molecule has 0 aliphatic heterocycles. The zero-order valence-electron chi connectivity index (χ0n) is 15.7. The van der Waals surface area contributed by atoms with Gasteiger partial charge in [-0.15, -0.1) is 0 Å². The van der Waals surface area contributed by atoms with Gasteiger partial charge in [-0.05, 0) is 48.5 Å². The van der Waals surface area contributed by atoms with Crippen molar-refractivity contribution in [3.63, 3.8) is 0 Å². The predicted octanol–water partition coefficient (Wildman–Crippen LogP) is 4.73. The first-order valence-electron chi connectivity index (χ1n) is 9.19. The molecule has 0 spiro atoms. The van der Waals surface area contributed by atoms with Crippen molar-refractivity contribution >= 4 is 30.3 Å². The quantitative estimate of drug-likeness (QED) is 0.421. The molecule has 0 aromatic heterocycles. The van der Waals surface area contributed by atoms with Crippen molar-refractivity contribution < 1.29 is 8.85 Å². The summed E-state index contributed by atoms with van der Waals surface area (Å²) < 4.78 is 12.5. The molecule has 5 heteroatoms. The normalized spacial score (nSPS) is 11.8. The third kappa shape index (κ3) is 4.57. The number of benzene rings is 3. The molecule has 27 heavy (non-hydrogen) atoms. The van der Waals surface area contributed by atoms with Gasteiger partial charge in [0.05, 0.1) is 11.4 Å². The summed E-state index contributed by atoms with van der Waals surface area (Å²) in [6.45, 7) is 5.20. The van der Waals surface area contributed by atoms with Gasteiger partial charge in [-0.25, -0.2) is 0 Å². The van der Waals surface area contributed by atoms with Gasteiger partial charge in [0.15, 0.2) is 0 Å². The first-order chi connectivity index (χ1) is 13.3. The van der Waals surface area contributed by atoms with E-state index in [9.17, 15) is 0 Å². The minimum absolute atomic E-state index is 0.594. The maximum absolute atomic E-state index is 6.27. The lowest BCUT2D eigenvalue weighted by molar-refractivity contribution is 0.208. The van der Waals surface area contributed by atoms with Crippen molar-refractivity contribution in [3.05, 3.63) is 84.9 Å². The lowest BCUT2D eigenvalue weighted by Gasteiger charge is -2.30. The fourth-order valence-electron chi connectivity index (χ4n) is 2.96. The molecule has 0 N–H and O–H groups in total. The third-order valence-electron chi connectivity index (χ3n) is 4.13. The van der Waals surface area contributed by atoms with Crippen LogP contribution in [0.2, 0.25) is 0 Å². The maximum Gasteiger partial charge on any atom is 0.407 e. The highest BCUT2D eigenvalue weighted by atomic mass is 28.4. The van der Waals surface area contributed by atoms with E-state index in [1.807, 2.05) is 86.6 Å². The standard InChI is InChI=1S/C22H24N2O2Si/c1-3-25-27(26-4-2,21-13-9-6-10-14-21)22-17-15-20(16-18-22)24-23-19-11-7-5-8-12-19/h5-18H,3-4H2,1-2H3. The molecule has 0 bridgehead atoms. The number of hydrogen-bond donors (Lipinski definition) is 0. The third-order valence-corrected chi connectivity index (χ3v) is 7.71. The molecule has 0 heterocycles. The summed E-state index contributed by atoms with van der Waals surface area (Å²) >= 11 is 0. The molecular formula is C22H24N2O2Si. The van der Waals surface area contributed by atoms with Crippen molar-refractivity contribution in [2.75, 3.05) is 13.2 Å². The summed E-state index contributed by atoms with van der Waals surface area (Å²) in [5.74, 6) is 0. The molecule has 3 aromatic carbocycles. The Hall–Kier alpha value is -2.60. The Morgan fingerprint density at radius 3 is 1.56 bits per heavy atom. The van der Waals surface area contributed by atoms with Gasteiger partial charge in [0.1, 0.15) is 0 Å². The van der Waals surface area contributed by atoms with Crippen LogP contribution in [0.4, 0.5) is 11.4 Å². The number of nitrogens with zero attached hydrogens (tertiary/aromatic N) is 2. The minimum Gasteiger partial charge on any atom is -0.388 e. The smallest absolute Gasteiger partial charge is 0.388 e. The Morgan fingerprint density at radius 1 is 0.593 bits per heavy atom. The molecule has 0 aliphatic rings. The van der Waals surface area contributed by atoms with Crippen LogP contribution in [-0.2, 0) is 8.85 Å². The van der Waals surface area contributed by atoms with Gasteiger partial charge in [0, 0.05) is 13.2 Å². The van der Waals surface area contributed by atoms with Crippen LogP contribution in [0.3, 0.4) is 0 Å². The summed E-state index contributed by atoms with van der Waals surface area (Å²) in [6.07, 6.45) is 0. The summed E-state index contributed by atoms with van der Waals surface area (Å²) in [4.78, 5) is 0. The highest BCUT2D eigenvalue weighted by Crippen LogP contribution is 2.18. The fraction of sp³-hybridized carbons (Fsp3) is 0.182. The van der Waals surface area contributed by atoms with E-state index in [0.717, 1.165) is 21.7 Å². The van der Waals surface area contributed by atoms with Crippen molar-refractivity contribution in [1.82, 2.24) is 0 Å². The van der Waals surface area contributed by atoms with Crippen molar-refractivity contribution in [1.29, 1.82) is 0 Å². The minimum atomic E-state index is -2.73. The van der Waals surface area contributed by atoms with E-state index in [0.29, 0.717) is 13.2 Å². The molecule has 3 aromatic rings. The second-order valence-electron chi connectivity index (χ2n) is 5.93. The fourth-order valence-corrected chi connectivity index (χ4v) is 6.10. The summed E-state index contributed by atoms with van der Waals surface area (Å²) in [5, 5.41) is 10.8. The van der Waals surface area contributed by atoms with E-state index < -0.39 is 8.56 Å². The van der Waals surface area contributed by atoms with Crippen molar-refractivity contribution in [2.24, 2.45) is 10.2 Å². The Labute approximate surface area is 161 Å². The molecule has 0 amide bonds. The van der Waals surface area contributed by atoms with Gasteiger partial charge < -0.3 is 8.85 Å². The maximum atomic E-state index is 6.27. The first kappa shape index (κ1) is 19.2. The molecule has 0 atom stereocenters. The monoisotopic (exact) mass is 376 g/mol. The van der Waals surface area contributed by atoms with Crippen LogP contribution < -0.4 is 10.4 Å². The zero-order valence-corrected chi connectivity index (χ0v) is 16.7. The second kappa shape index (κ2) is 9.37. The summed E-state index contributed by atoms with van der Waals surface area (Å²) in [6, 6.07) is 27.9. The zero-order chi connectivity index (χ0) is 19.0. The van der Waals surface area contributed by atoms with Gasteiger partial charge in [-0.1, -0.05) is 60.7 Å². The van der Waals surface area contributed by atoms with E-state index >= 15 is 0 Å².